The van der Waals surface area contributed by atoms with Gasteiger partial charge in [-0.05, 0) is 18.4 Å². The van der Waals surface area contributed by atoms with E-state index in [9.17, 15) is 10.1 Å². The lowest BCUT2D eigenvalue weighted by molar-refractivity contribution is -0.383. The van der Waals surface area contributed by atoms with Crippen molar-refractivity contribution in [3.63, 3.8) is 0 Å². The summed E-state index contributed by atoms with van der Waals surface area (Å²) in [5.74, 6) is 0. The summed E-state index contributed by atoms with van der Waals surface area (Å²) in [6.45, 7) is 2.14. The predicted molar refractivity (Wildman–Crippen MR) is 63.6 cm³/mol. The zero-order valence-electron chi connectivity index (χ0n) is 9.19. The molecular weight excluding hydrogens is 204 g/mol. The van der Waals surface area contributed by atoms with Crippen molar-refractivity contribution in [1.82, 2.24) is 4.98 Å². The Bertz CT molecular complexity index is 517. The molecule has 0 saturated carbocycles. The average Bonchev–Trinajstić information content (AvgIpc) is 2.69. The highest BCUT2D eigenvalue weighted by Gasteiger charge is 2.14. The molecule has 4 nitrogen and oxygen atoms in total. The highest BCUT2D eigenvalue weighted by Crippen LogP contribution is 2.27. The maximum Gasteiger partial charge on any atom is 0.293 e. The molecule has 16 heavy (non-hydrogen) atoms. The number of nitrogens with one attached hydrogen (secondary N) is 1. The smallest absolute Gasteiger partial charge is 0.293 e. The number of rotatable bonds is 4. The van der Waals surface area contributed by atoms with E-state index in [0.717, 1.165) is 24.6 Å². The normalized spacial score (nSPS) is 10.8. The van der Waals surface area contributed by atoms with Gasteiger partial charge in [-0.15, -0.1) is 0 Å². The highest BCUT2D eigenvalue weighted by molar-refractivity contribution is 5.90. The minimum absolute atomic E-state index is 0.153. The van der Waals surface area contributed by atoms with Gasteiger partial charge in [-0.3, -0.25) is 10.1 Å². The molecule has 1 aromatic heterocycles. The third-order valence-electron chi connectivity index (χ3n) is 2.78. The van der Waals surface area contributed by atoms with Gasteiger partial charge in [-0.1, -0.05) is 25.5 Å². The molecule has 2 aromatic rings. The number of nitro groups is 1. The molecule has 0 fully saturated rings. The predicted octanol–water partition coefficient (Wildman–Crippen LogP) is 3.42. The zero-order chi connectivity index (χ0) is 11.5. The summed E-state index contributed by atoms with van der Waals surface area (Å²) in [4.78, 5) is 13.5. The van der Waals surface area contributed by atoms with Gasteiger partial charge in [0, 0.05) is 17.6 Å². The molecule has 0 aliphatic heterocycles. The number of benzene rings is 1. The zero-order valence-corrected chi connectivity index (χ0v) is 9.19. The van der Waals surface area contributed by atoms with Gasteiger partial charge >= 0.3 is 0 Å². The number of nitrogens with zero attached hydrogens (tertiary/aromatic N) is 1. The molecule has 0 radical (unpaired) electrons. The van der Waals surface area contributed by atoms with Crippen LogP contribution in [-0.2, 0) is 6.42 Å². The summed E-state index contributed by atoms with van der Waals surface area (Å²) in [5.41, 5.74) is 1.96. The van der Waals surface area contributed by atoms with Crippen molar-refractivity contribution in [2.45, 2.75) is 26.2 Å². The maximum atomic E-state index is 10.8. The van der Waals surface area contributed by atoms with Crippen LogP contribution in [0.1, 0.15) is 25.3 Å². The molecule has 1 heterocycles. The molecule has 1 N–H and O–H groups in total. The van der Waals surface area contributed by atoms with Crippen molar-refractivity contribution in [1.29, 1.82) is 0 Å². The number of aromatic amines is 1. The summed E-state index contributed by atoms with van der Waals surface area (Å²) in [6, 6.07) is 5.20. The Morgan fingerprint density at radius 1 is 1.44 bits per heavy atom. The van der Waals surface area contributed by atoms with Gasteiger partial charge in [0.25, 0.3) is 5.69 Å². The Balaban J connectivity index is 2.48. The van der Waals surface area contributed by atoms with Crippen LogP contribution in [0.25, 0.3) is 10.9 Å². The Labute approximate surface area is 93.4 Å². The number of aryl methyl sites for hydroxylation is 1. The quantitative estimate of drug-likeness (QED) is 0.631. The summed E-state index contributed by atoms with van der Waals surface area (Å²) in [5, 5.41) is 11.8. The van der Waals surface area contributed by atoms with Gasteiger partial charge in [-0.25, -0.2) is 0 Å². The van der Waals surface area contributed by atoms with Gasteiger partial charge in [0.05, 0.1) is 4.92 Å². The molecule has 2 rings (SSSR count). The van der Waals surface area contributed by atoms with E-state index in [1.165, 1.54) is 11.6 Å². The van der Waals surface area contributed by atoms with Crippen molar-refractivity contribution < 1.29 is 4.92 Å². The first kappa shape index (κ1) is 10.7. The van der Waals surface area contributed by atoms with E-state index in [4.69, 9.17) is 0 Å². The van der Waals surface area contributed by atoms with Crippen LogP contribution in [0.4, 0.5) is 5.69 Å². The van der Waals surface area contributed by atoms with Crippen molar-refractivity contribution in [3.8, 4) is 0 Å². The van der Waals surface area contributed by atoms with Crippen molar-refractivity contribution in [3.05, 3.63) is 40.1 Å². The SMILES string of the molecule is CCCCc1c[nH]c2c([N+](=O)[O-])cccc12. The molecule has 0 spiro atoms. The lowest BCUT2D eigenvalue weighted by Crippen LogP contribution is -1.89. The molecule has 0 aliphatic carbocycles. The summed E-state index contributed by atoms with van der Waals surface area (Å²) in [7, 11) is 0. The number of hydrogen-bond donors (Lipinski definition) is 1. The van der Waals surface area contributed by atoms with Crippen molar-refractivity contribution >= 4 is 16.6 Å². The van der Waals surface area contributed by atoms with Crippen LogP contribution < -0.4 is 0 Å². The van der Waals surface area contributed by atoms with Crippen LogP contribution in [0.2, 0.25) is 0 Å². The number of nitro benzene ring substituents is 1. The number of H-pyrrole nitrogens is 1. The van der Waals surface area contributed by atoms with E-state index in [-0.39, 0.29) is 10.6 Å². The van der Waals surface area contributed by atoms with Crippen LogP contribution in [0.5, 0.6) is 0 Å². The Kier molecular flexibility index (Phi) is 2.90. The fourth-order valence-electron chi connectivity index (χ4n) is 1.92. The Morgan fingerprint density at radius 3 is 2.94 bits per heavy atom. The van der Waals surface area contributed by atoms with Crippen LogP contribution in [-0.4, -0.2) is 9.91 Å². The van der Waals surface area contributed by atoms with Gasteiger partial charge < -0.3 is 4.98 Å². The molecule has 0 unspecified atom stereocenters. The number of fused-ring (bicyclic) bond motifs is 1. The molecule has 84 valence electrons. The molecule has 1 aromatic carbocycles. The molecule has 0 saturated heterocycles. The maximum absolute atomic E-state index is 10.8. The second kappa shape index (κ2) is 4.35. The van der Waals surface area contributed by atoms with Gasteiger partial charge in [-0.2, -0.15) is 0 Å². The van der Waals surface area contributed by atoms with Gasteiger partial charge in [0.2, 0.25) is 0 Å². The molecule has 0 aliphatic rings. The van der Waals surface area contributed by atoms with E-state index in [1.807, 2.05) is 12.3 Å². The first-order valence-electron chi connectivity index (χ1n) is 5.47. The summed E-state index contributed by atoms with van der Waals surface area (Å²) < 4.78 is 0. The summed E-state index contributed by atoms with van der Waals surface area (Å²) >= 11 is 0. The van der Waals surface area contributed by atoms with Gasteiger partial charge in [0.1, 0.15) is 5.52 Å². The standard InChI is InChI=1S/C12H14N2O2/c1-2-3-5-9-8-13-12-10(9)6-4-7-11(12)14(15)16/h4,6-8,13H,2-3,5H2,1H3. The largest absolute Gasteiger partial charge is 0.355 e. The number of aromatic nitrogens is 1. The minimum atomic E-state index is -0.345. The number of para-hydroxylation sites is 1. The molecule has 4 heteroatoms. The van der Waals surface area contributed by atoms with Crippen molar-refractivity contribution in [2.24, 2.45) is 0 Å². The first-order valence-corrected chi connectivity index (χ1v) is 5.47. The van der Waals surface area contributed by atoms with Gasteiger partial charge in [0.15, 0.2) is 0 Å². The third kappa shape index (κ3) is 1.78. The minimum Gasteiger partial charge on any atom is -0.355 e. The lowest BCUT2D eigenvalue weighted by atomic mass is 10.1. The molecule has 0 bridgehead atoms. The monoisotopic (exact) mass is 218 g/mol. The molecule has 0 atom stereocenters. The Hall–Kier alpha value is -1.84. The van der Waals surface area contributed by atoms with E-state index >= 15 is 0 Å². The second-order valence-corrected chi connectivity index (χ2v) is 3.87. The van der Waals surface area contributed by atoms with Crippen LogP contribution in [0, 0.1) is 10.1 Å². The van der Waals surface area contributed by atoms with E-state index in [2.05, 4.69) is 11.9 Å². The summed E-state index contributed by atoms with van der Waals surface area (Å²) in [6.07, 6.45) is 5.09. The van der Waals surface area contributed by atoms with Crippen LogP contribution in [0.15, 0.2) is 24.4 Å². The van der Waals surface area contributed by atoms with Crippen LogP contribution in [0.3, 0.4) is 0 Å². The van der Waals surface area contributed by atoms with Crippen molar-refractivity contribution in [2.75, 3.05) is 0 Å². The topological polar surface area (TPSA) is 58.9 Å². The number of hydrogen-bond acceptors (Lipinski definition) is 2. The fraction of sp³-hybridized carbons (Fsp3) is 0.333. The molecular formula is C12H14N2O2. The Morgan fingerprint density at radius 2 is 2.25 bits per heavy atom. The van der Waals surface area contributed by atoms with E-state index in [1.54, 1.807) is 6.07 Å². The first-order chi connectivity index (χ1) is 7.74. The van der Waals surface area contributed by atoms with E-state index in [0.29, 0.717) is 5.52 Å². The number of non-ortho nitro benzene ring substituents is 1. The number of unbranched alkanes of at least 4 members (excludes halogenated alkanes) is 1. The molecule has 0 amide bonds. The fourth-order valence-corrected chi connectivity index (χ4v) is 1.92. The third-order valence-corrected chi connectivity index (χ3v) is 2.78. The van der Waals surface area contributed by atoms with Crippen LogP contribution >= 0.6 is 0 Å². The van der Waals surface area contributed by atoms with E-state index < -0.39 is 0 Å². The highest BCUT2D eigenvalue weighted by atomic mass is 16.6. The average molecular weight is 218 g/mol. The lowest BCUT2D eigenvalue weighted by Gasteiger charge is -1.97. The second-order valence-electron chi connectivity index (χ2n) is 3.87.